The molecule has 0 radical (unpaired) electrons. The molecule has 0 unspecified atom stereocenters. The van der Waals surface area contributed by atoms with Gasteiger partial charge in [-0.25, -0.2) is 0 Å². The Morgan fingerprint density at radius 2 is 1.55 bits per heavy atom. The third kappa shape index (κ3) is 2.46. The average molecular weight is 304 g/mol. The predicted octanol–water partition coefficient (Wildman–Crippen LogP) is 1.73. The van der Waals surface area contributed by atoms with E-state index < -0.39 is 0 Å². The van der Waals surface area contributed by atoms with E-state index in [1.165, 1.54) is 4.90 Å². The zero-order valence-corrected chi connectivity index (χ0v) is 13.3. The van der Waals surface area contributed by atoms with Crippen LogP contribution < -0.4 is 0 Å². The predicted molar refractivity (Wildman–Crippen MR) is 81.7 cm³/mol. The highest BCUT2D eigenvalue weighted by molar-refractivity contribution is 6.07. The Balaban J connectivity index is 1.71. The van der Waals surface area contributed by atoms with Crippen molar-refractivity contribution in [2.75, 3.05) is 6.54 Å². The summed E-state index contributed by atoms with van der Waals surface area (Å²) in [6, 6.07) is 0.376. The Morgan fingerprint density at radius 1 is 1.05 bits per heavy atom. The highest BCUT2D eigenvalue weighted by Gasteiger charge is 2.48. The van der Waals surface area contributed by atoms with Crippen LogP contribution in [0.15, 0.2) is 12.2 Å². The van der Waals surface area contributed by atoms with Crippen LogP contribution in [0, 0.1) is 11.8 Å². The lowest BCUT2D eigenvalue weighted by molar-refractivity contribution is -0.149. The Hall–Kier alpha value is -1.65. The first-order chi connectivity index (χ1) is 10.5. The fourth-order valence-corrected chi connectivity index (χ4v) is 4.15. The second-order valence-electron chi connectivity index (χ2n) is 6.85. The minimum atomic E-state index is -0.249. The largest absolute Gasteiger partial charge is 0.336 e. The summed E-state index contributed by atoms with van der Waals surface area (Å²) in [6.07, 6.45) is 8.29. The molecule has 0 aromatic rings. The molecule has 2 saturated heterocycles. The number of carbonyl (C=O) groups is 3. The summed E-state index contributed by atoms with van der Waals surface area (Å²) in [6.45, 7) is 4.01. The number of amides is 3. The van der Waals surface area contributed by atoms with Crippen molar-refractivity contribution in [2.24, 2.45) is 11.8 Å². The van der Waals surface area contributed by atoms with Crippen LogP contribution in [0.1, 0.15) is 46.0 Å². The molecule has 0 aromatic heterocycles. The molecule has 0 aromatic carbocycles. The monoisotopic (exact) mass is 304 g/mol. The lowest BCUT2D eigenvalue weighted by Crippen LogP contribution is -2.52. The smallest absolute Gasteiger partial charge is 0.243 e. The van der Waals surface area contributed by atoms with Crippen LogP contribution >= 0.6 is 0 Å². The van der Waals surface area contributed by atoms with Crippen molar-refractivity contribution >= 4 is 17.7 Å². The number of fused-ring (bicyclic) bond motifs is 1. The molecule has 5 nitrogen and oxygen atoms in total. The van der Waals surface area contributed by atoms with Crippen LogP contribution in [-0.4, -0.2) is 46.1 Å². The number of hydrogen-bond donors (Lipinski definition) is 0. The maximum Gasteiger partial charge on any atom is 0.243 e. The number of rotatable bonds is 2. The zero-order chi connectivity index (χ0) is 15.9. The summed E-state index contributed by atoms with van der Waals surface area (Å²) in [5.74, 6) is -0.911. The van der Waals surface area contributed by atoms with Crippen molar-refractivity contribution in [1.29, 1.82) is 0 Å². The SMILES string of the molecule is C[C@@H]1CCC[C@@H](C)N1C(=O)CN1C(=O)[C@H]2CC=CC[C@H]2C1=O. The number of likely N-dealkylation sites (tertiary alicyclic amines) is 2. The molecule has 1 aliphatic carbocycles. The zero-order valence-electron chi connectivity index (χ0n) is 13.3. The molecule has 2 heterocycles. The normalized spacial score (nSPS) is 35.0. The van der Waals surface area contributed by atoms with Crippen molar-refractivity contribution in [3.63, 3.8) is 0 Å². The minimum absolute atomic E-state index is 0.0840. The van der Waals surface area contributed by atoms with Gasteiger partial charge in [-0.05, 0) is 46.0 Å². The number of hydrogen-bond acceptors (Lipinski definition) is 3. The van der Waals surface area contributed by atoms with E-state index in [0.717, 1.165) is 19.3 Å². The minimum Gasteiger partial charge on any atom is -0.336 e. The number of piperidine rings is 1. The average Bonchev–Trinajstić information content (AvgIpc) is 2.73. The molecule has 3 aliphatic rings. The Kier molecular flexibility index (Phi) is 4.06. The van der Waals surface area contributed by atoms with Gasteiger partial charge in [-0.15, -0.1) is 0 Å². The molecule has 22 heavy (non-hydrogen) atoms. The third-order valence-electron chi connectivity index (χ3n) is 5.37. The van der Waals surface area contributed by atoms with Crippen LogP contribution in [0.2, 0.25) is 0 Å². The molecule has 5 heteroatoms. The highest BCUT2D eigenvalue weighted by atomic mass is 16.2. The molecule has 0 saturated carbocycles. The summed E-state index contributed by atoms with van der Waals surface area (Å²) < 4.78 is 0. The summed E-state index contributed by atoms with van der Waals surface area (Å²) in [7, 11) is 0. The van der Waals surface area contributed by atoms with Crippen LogP contribution in [0.4, 0.5) is 0 Å². The maximum absolute atomic E-state index is 12.6. The fourth-order valence-electron chi connectivity index (χ4n) is 4.15. The van der Waals surface area contributed by atoms with Gasteiger partial charge < -0.3 is 4.90 Å². The Morgan fingerprint density at radius 3 is 2.05 bits per heavy atom. The standard InChI is InChI=1S/C17H24N2O3/c1-11-6-5-7-12(2)19(11)15(20)10-18-16(21)13-8-3-4-9-14(13)17(18)22/h3-4,11-14H,5-10H2,1-2H3/t11-,12-,13-,14+/m1/s1. The van der Waals surface area contributed by atoms with E-state index in [4.69, 9.17) is 0 Å². The van der Waals surface area contributed by atoms with E-state index in [2.05, 4.69) is 0 Å². The summed E-state index contributed by atoms with van der Waals surface area (Å²) in [5, 5.41) is 0. The molecular weight excluding hydrogens is 280 g/mol. The molecule has 120 valence electrons. The molecule has 0 N–H and O–H groups in total. The topological polar surface area (TPSA) is 57.7 Å². The van der Waals surface area contributed by atoms with Crippen molar-refractivity contribution in [1.82, 2.24) is 9.80 Å². The Bertz CT molecular complexity index is 492. The first kappa shape index (κ1) is 15.3. The van der Waals surface area contributed by atoms with Crippen LogP contribution in [-0.2, 0) is 14.4 Å². The molecule has 2 fully saturated rings. The number of imide groups is 1. The first-order valence-corrected chi connectivity index (χ1v) is 8.32. The fraction of sp³-hybridized carbons (Fsp3) is 0.706. The van der Waals surface area contributed by atoms with E-state index >= 15 is 0 Å². The second kappa shape index (κ2) is 5.86. The molecule has 4 atom stereocenters. The molecule has 3 rings (SSSR count). The van der Waals surface area contributed by atoms with E-state index in [9.17, 15) is 14.4 Å². The first-order valence-electron chi connectivity index (χ1n) is 8.32. The van der Waals surface area contributed by atoms with Gasteiger partial charge in [-0.2, -0.15) is 0 Å². The second-order valence-corrected chi connectivity index (χ2v) is 6.85. The molecule has 3 amide bonds. The van der Waals surface area contributed by atoms with Crippen molar-refractivity contribution in [3.05, 3.63) is 12.2 Å². The molecule has 2 aliphatic heterocycles. The van der Waals surface area contributed by atoms with E-state index in [0.29, 0.717) is 12.8 Å². The van der Waals surface area contributed by atoms with Crippen LogP contribution in [0.3, 0.4) is 0 Å². The summed E-state index contributed by atoms with van der Waals surface area (Å²) >= 11 is 0. The summed E-state index contributed by atoms with van der Waals surface area (Å²) in [5.41, 5.74) is 0. The van der Waals surface area contributed by atoms with Gasteiger partial charge in [0.1, 0.15) is 6.54 Å². The quantitative estimate of drug-likeness (QED) is 0.576. The number of nitrogens with zero attached hydrogens (tertiary/aromatic N) is 2. The maximum atomic E-state index is 12.6. The van der Waals surface area contributed by atoms with Gasteiger partial charge >= 0.3 is 0 Å². The molecule has 0 spiro atoms. The van der Waals surface area contributed by atoms with Gasteiger partial charge in [0.2, 0.25) is 17.7 Å². The van der Waals surface area contributed by atoms with Gasteiger partial charge in [0.15, 0.2) is 0 Å². The van der Waals surface area contributed by atoms with Gasteiger partial charge in [0.25, 0.3) is 0 Å². The van der Waals surface area contributed by atoms with Crippen LogP contribution in [0.25, 0.3) is 0 Å². The van der Waals surface area contributed by atoms with E-state index in [1.54, 1.807) is 0 Å². The van der Waals surface area contributed by atoms with Gasteiger partial charge in [-0.1, -0.05) is 12.2 Å². The molecule has 0 bridgehead atoms. The van der Waals surface area contributed by atoms with Crippen molar-refractivity contribution in [3.8, 4) is 0 Å². The third-order valence-corrected chi connectivity index (χ3v) is 5.37. The van der Waals surface area contributed by atoms with E-state index in [1.807, 2.05) is 30.9 Å². The highest BCUT2D eigenvalue weighted by Crippen LogP contribution is 2.35. The van der Waals surface area contributed by atoms with Crippen molar-refractivity contribution < 1.29 is 14.4 Å². The van der Waals surface area contributed by atoms with Crippen molar-refractivity contribution in [2.45, 2.75) is 58.0 Å². The van der Waals surface area contributed by atoms with Gasteiger partial charge in [0.05, 0.1) is 11.8 Å². The summed E-state index contributed by atoms with van der Waals surface area (Å²) in [4.78, 5) is 40.6. The lowest BCUT2D eigenvalue weighted by atomic mass is 9.85. The Labute approximate surface area is 131 Å². The van der Waals surface area contributed by atoms with Gasteiger partial charge in [0, 0.05) is 12.1 Å². The lowest BCUT2D eigenvalue weighted by Gasteiger charge is -2.39. The molecular formula is C17H24N2O3. The van der Waals surface area contributed by atoms with Gasteiger partial charge in [-0.3, -0.25) is 19.3 Å². The number of allylic oxidation sites excluding steroid dienone is 2. The van der Waals surface area contributed by atoms with Crippen LogP contribution in [0.5, 0.6) is 0 Å². The van der Waals surface area contributed by atoms with E-state index in [-0.39, 0.29) is 48.2 Å². The number of carbonyl (C=O) groups excluding carboxylic acids is 3.